The summed E-state index contributed by atoms with van der Waals surface area (Å²) in [6, 6.07) is 15.1. The zero-order chi connectivity index (χ0) is 26.4. The van der Waals surface area contributed by atoms with Crippen molar-refractivity contribution in [2.24, 2.45) is 5.73 Å². The minimum absolute atomic E-state index is 0.191. The molecule has 0 saturated carbocycles. The third-order valence-electron chi connectivity index (χ3n) is 8.06. The maximum atomic E-state index is 11.6. The molecule has 0 aliphatic carbocycles. The standard InChI is InChI=1S/C30H35N7O/c1-19-7-4-5-10-26(19)36-12-11-24-23(17-36)30(37-14-13-35(18-27(31)38)21(3)16-37)34-29(33-24)22-8-6-9-25-28(22)20(2)15-32-25/h4-10,15,21,32H,11-14,16-18H2,1-3H3,(H2,31,38)/t21-/m1/s1. The number of nitrogens with zero attached hydrogens (tertiary/aromatic N) is 5. The van der Waals surface area contributed by atoms with Crippen LogP contribution in [-0.4, -0.2) is 64.5 Å². The maximum Gasteiger partial charge on any atom is 0.231 e. The highest BCUT2D eigenvalue weighted by Crippen LogP contribution is 2.36. The van der Waals surface area contributed by atoms with Gasteiger partial charge in [0.25, 0.3) is 0 Å². The van der Waals surface area contributed by atoms with E-state index in [1.165, 1.54) is 27.8 Å². The summed E-state index contributed by atoms with van der Waals surface area (Å²) in [5.41, 5.74) is 13.7. The van der Waals surface area contributed by atoms with E-state index in [-0.39, 0.29) is 18.5 Å². The molecular weight excluding hydrogens is 474 g/mol. The molecule has 2 aliphatic rings. The zero-order valence-electron chi connectivity index (χ0n) is 22.4. The highest BCUT2D eigenvalue weighted by Gasteiger charge is 2.31. The van der Waals surface area contributed by atoms with Gasteiger partial charge >= 0.3 is 0 Å². The molecule has 3 N–H and O–H groups in total. The molecule has 0 spiro atoms. The van der Waals surface area contributed by atoms with E-state index in [1.54, 1.807) is 0 Å². The van der Waals surface area contributed by atoms with E-state index >= 15 is 0 Å². The number of H-pyrrole nitrogens is 1. The molecule has 38 heavy (non-hydrogen) atoms. The maximum absolute atomic E-state index is 11.6. The fraction of sp³-hybridized carbons (Fsp3) is 0.367. The molecule has 196 valence electrons. The summed E-state index contributed by atoms with van der Waals surface area (Å²) < 4.78 is 0. The van der Waals surface area contributed by atoms with Gasteiger partial charge in [-0.1, -0.05) is 30.3 Å². The molecule has 4 heterocycles. The SMILES string of the molecule is Cc1ccccc1N1CCc2nc(-c3cccc4[nH]cc(C)c34)nc(N3CCN(CC(N)=O)[C@H](C)C3)c2C1. The van der Waals surface area contributed by atoms with Crippen LogP contribution in [0.15, 0.2) is 48.7 Å². The molecule has 6 rings (SSSR count). The van der Waals surface area contributed by atoms with Crippen LogP contribution < -0.4 is 15.5 Å². The van der Waals surface area contributed by atoms with Crippen LogP contribution in [0.3, 0.4) is 0 Å². The van der Waals surface area contributed by atoms with E-state index < -0.39 is 0 Å². The van der Waals surface area contributed by atoms with E-state index in [0.717, 1.165) is 67.6 Å². The first-order valence-corrected chi connectivity index (χ1v) is 13.4. The van der Waals surface area contributed by atoms with Gasteiger partial charge in [0, 0.05) is 79.1 Å². The van der Waals surface area contributed by atoms with Crippen molar-refractivity contribution in [3.05, 3.63) is 71.0 Å². The predicted molar refractivity (Wildman–Crippen MR) is 152 cm³/mol. The number of hydrogen-bond acceptors (Lipinski definition) is 6. The van der Waals surface area contributed by atoms with Crippen molar-refractivity contribution in [1.82, 2.24) is 19.9 Å². The van der Waals surface area contributed by atoms with Crippen LogP contribution in [0.5, 0.6) is 0 Å². The molecule has 2 aromatic heterocycles. The molecule has 2 aliphatic heterocycles. The third-order valence-corrected chi connectivity index (χ3v) is 8.06. The molecule has 0 radical (unpaired) electrons. The van der Waals surface area contributed by atoms with Crippen molar-refractivity contribution in [3.8, 4) is 11.4 Å². The van der Waals surface area contributed by atoms with Gasteiger partial charge in [0.2, 0.25) is 5.91 Å². The van der Waals surface area contributed by atoms with Crippen molar-refractivity contribution in [2.75, 3.05) is 42.5 Å². The van der Waals surface area contributed by atoms with Crippen molar-refractivity contribution >= 4 is 28.3 Å². The number of para-hydroxylation sites is 1. The Morgan fingerprint density at radius 1 is 1.03 bits per heavy atom. The number of nitrogens with two attached hydrogens (primary N) is 1. The number of primary amides is 1. The average Bonchev–Trinajstić information content (AvgIpc) is 3.30. The van der Waals surface area contributed by atoms with Crippen LogP contribution >= 0.6 is 0 Å². The van der Waals surface area contributed by atoms with Crippen LogP contribution in [0.1, 0.15) is 29.3 Å². The Labute approximate surface area is 223 Å². The first-order valence-electron chi connectivity index (χ1n) is 13.4. The lowest BCUT2D eigenvalue weighted by Gasteiger charge is -2.41. The molecule has 1 saturated heterocycles. The fourth-order valence-electron chi connectivity index (χ4n) is 6.07. The van der Waals surface area contributed by atoms with E-state index in [4.69, 9.17) is 15.7 Å². The Morgan fingerprint density at radius 2 is 1.87 bits per heavy atom. The van der Waals surface area contributed by atoms with Gasteiger partial charge in [-0.25, -0.2) is 9.97 Å². The molecule has 8 nitrogen and oxygen atoms in total. The van der Waals surface area contributed by atoms with Gasteiger partial charge in [-0.15, -0.1) is 0 Å². The van der Waals surface area contributed by atoms with Gasteiger partial charge in [0.15, 0.2) is 5.82 Å². The van der Waals surface area contributed by atoms with Crippen LogP contribution in [-0.2, 0) is 17.8 Å². The minimum Gasteiger partial charge on any atom is -0.369 e. The second-order valence-electron chi connectivity index (χ2n) is 10.7. The van der Waals surface area contributed by atoms with Gasteiger partial charge < -0.3 is 20.5 Å². The second-order valence-corrected chi connectivity index (χ2v) is 10.7. The van der Waals surface area contributed by atoms with Gasteiger partial charge in [0.05, 0.1) is 12.2 Å². The van der Waals surface area contributed by atoms with Crippen LogP contribution in [0.25, 0.3) is 22.3 Å². The van der Waals surface area contributed by atoms with Crippen LogP contribution in [0, 0.1) is 13.8 Å². The monoisotopic (exact) mass is 509 g/mol. The van der Waals surface area contributed by atoms with E-state index in [2.05, 4.69) is 82.9 Å². The number of fused-ring (bicyclic) bond motifs is 2. The van der Waals surface area contributed by atoms with Crippen molar-refractivity contribution in [3.63, 3.8) is 0 Å². The molecular formula is C30H35N7O. The second kappa shape index (κ2) is 9.76. The Balaban J connectivity index is 1.44. The average molecular weight is 510 g/mol. The molecule has 1 fully saturated rings. The number of amides is 1. The summed E-state index contributed by atoms with van der Waals surface area (Å²) >= 11 is 0. The number of anilines is 2. The number of rotatable bonds is 5. The summed E-state index contributed by atoms with van der Waals surface area (Å²) in [6.45, 7) is 10.8. The van der Waals surface area contributed by atoms with Gasteiger partial charge in [0.1, 0.15) is 5.82 Å². The van der Waals surface area contributed by atoms with Gasteiger partial charge in [-0.2, -0.15) is 0 Å². The van der Waals surface area contributed by atoms with Crippen molar-refractivity contribution < 1.29 is 4.79 Å². The van der Waals surface area contributed by atoms with Crippen molar-refractivity contribution in [2.45, 2.75) is 39.8 Å². The quantitative estimate of drug-likeness (QED) is 0.425. The van der Waals surface area contributed by atoms with Gasteiger partial charge in [-0.3, -0.25) is 9.69 Å². The Bertz CT molecular complexity index is 1510. The topological polar surface area (TPSA) is 94.4 Å². The van der Waals surface area contributed by atoms with Crippen molar-refractivity contribution in [1.29, 1.82) is 0 Å². The van der Waals surface area contributed by atoms with E-state index in [1.807, 2.05) is 6.20 Å². The number of aromatic nitrogens is 3. The normalized spacial score (nSPS) is 18.1. The first kappa shape index (κ1) is 24.4. The number of nitrogens with one attached hydrogen (secondary N) is 1. The Hall–Kier alpha value is -3.91. The lowest BCUT2D eigenvalue weighted by atomic mass is 10.0. The third kappa shape index (κ3) is 4.39. The number of hydrogen-bond donors (Lipinski definition) is 2. The summed E-state index contributed by atoms with van der Waals surface area (Å²) in [6.07, 6.45) is 2.92. The highest BCUT2D eigenvalue weighted by molar-refractivity contribution is 5.96. The lowest BCUT2D eigenvalue weighted by Crippen LogP contribution is -2.54. The molecule has 0 unspecified atom stereocenters. The van der Waals surface area contributed by atoms with Crippen LogP contribution in [0.4, 0.5) is 11.5 Å². The largest absolute Gasteiger partial charge is 0.369 e. The smallest absolute Gasteiger partial charge is 0.231 e. The summed E-state index contributed by atoms with van der Waals surface area (Å²) in [4.78, 5) is 32.5. The van der Waals surface area contributed by atoms with E-state index in [9.17, 15) is 4.79 Å². The summed E-state index contributed by atoms with van der Waals surface area (Å²) in [5.74, 6) is 1.51. The molecule has 8 heteroatoms. The van der Waals surface area contributed by atoms with Gasteiger partial charge in [-0.05, 0) is 44.0 Å². The molecule has 4 aromatic rings. The number of carbonyl (C=O) groups excluding carboxylic acids is 1. The number of benzene rings is 2. The molecule has 1 amide bonds. The number of piperazine rings is 1. The minimum atomic E-state index is -0.282. The molecule has 0 bridgehead atoms. The van der Waals surface area contributed by atoms with E-state index in [0.29, 0.717) is 0 Å². The number of aryl methyl sites for hydroxylation is 2. The fourth-order valence-corrected chi connectivity index (χ4v) is 6.07. The predicted octanol–water partition coefficient (Wildman–Crippen LogP) is 3.80. The summed E-state index contributed by atoms with van der Waals surface area (Å²) in [7, 11) is 0. The summed E-state index contributed by atoms with van der Waals surface area (Å²) in [5, 5.41) is 1.18. The molecule has 2 aromatic carbocycles. The first-order chi connectivity index (χ1) is 18.4. The Kier molecular flexibility index (Phi) is 6.27. The zero-order valence-corrected chi connectivity index (χ0v) is 22.4. The highest BCUT2D eigenvalue weighted by atomic mass is 16.1. The number of carbonyl (C=O) groups is 1. The molecule has 1 atom stereocenters. The lowest BCUT2D eigenvalue weighted by molar-refractivity contribution is -0.119. The number of aromatic amines is 1. The van der Waals surface area contributed by atoms with Crippen LogP contribution in [0.2, 0.25) is 0 Å². The Morgan fingerprint density at radius 3 is 2.66 bits per heavy atom.